The first kappa shape index (κ1) is 18.6. The molecular weight excluding hydrogens is 364 g/mol. The average molecular weight is 382 g/mol. The van der Waals surface area contributed by atoms with Crippen molar-refractivity contribution in [3.63, 3.8) is 0 Å². The largest absolute Gasteiger partial charge is 0.272 e. The highest BCUT2D eigenvalue weighted by atomic mass is 32.2. The highest BCUT2D eigenvalue weighted by Gasteiger charge is 2.10. The van der Waals surface area contributed by atoms with Crippen LogP contribution in [-0.4, -0.2) is 37.8 Å². The molecule has 2 aromatic carbocycles. The minimum atomic E-state index is -0.443. The number of carbonyl (C=O) groups excluding carboxylic acids is 2. The van der Waals surface area contributed by atoms with Crippen molar-refractivity contribution in [3.05, 3.63) is 60.2 Å². The zero-order valence-corrected chi connectivity index (χ0v) is 15.4. The van der Waals surface area contributed by atoms with Crippen molar-refractivity contribution in [3.8, 4) is 11.4 Å². The number of aromatic nitrogens is 4. The SMILES string of the molecule is Cc1ccccc1SCC(=O)NNC(=O)Cn1nnc(-c2ccccc2)n1. The van der Waals surface area contributed by atoms with Crippen molar-refractivity contribution >= 4 is 23.6 Å². The molecule has 138 valence electrons. The molecule has 0 saturated carbocycles. The van der Waals surface area contributed by atoms with Crippen LogP contribution in [0.4, 0.5) is 0 Å². The Hall–Kier alpha value is -3.20. The number of nitrogens with zero attached hydrogens (tertiary/aromatic N) is 4. The van der Waals surface area contributed by atoms with Gasteiger partial charge in [0, 0.05) is 10.5 Å². The number of tetrazole rings is 1. The van der Waals surface area contributed by atoms with Gasteiger partial charge in [-0.3, -0.25) is 20.4 Å². The molecule has 0 radical (unpaired) electrons. The van der Waals surface area contributed by atoms with E-state index in [9.17, 15) is 9.59 Å². The van der Waals surface area contributed by atoms with Gasteiger partial charge in [0.05, 0.1) is 5.75 Å². The zero-order valence-electron chi connectivity index (χ0n) is 14.6. The molecule has 0 aliphatic rings. The number of hydrogen-bond acceptors (Lipinski definition) is 6. The summed E-state index contributed by atoms with van der Waals surface area (Å²) in [5, 5.41) is 11.9. The second-order valence-corrected chi connectivity index (χ2v) is 6.68. The van der Waals surface area contributed by atoms with E-state index < -0.39 is 5.91 Å². The molecule has 27 heavy (non-hydrogen) atoms. The molecule has 1 heterocycles. The van der Waals surface area contributed by atoms with Gasteiger partial charge in [-0.05, 0) is 23.8 Å². The Morgan fingerprint density at radius 3 is 2.48 bits per heavy atom. The predicted octanol–water partition coefficient (Wildman–Crippen LogP) is 1.59. The van der Waals surface area contributed by atoms with Crippen LogP contribution in [0.25, 0.3) is 11.4 Å². The molecule has 0 aliphatic heterocycles. The number of benzene rings is 2. The lowest BCUT2D eigenvalue weighted by Crippen LogP contribution is -2.44. The van der Waals surface area contributed by atoms with Crippen LogP contribution in [0.3, 0.4) is 0 Å². The third-order valence-corrected chi connectivity index (χ3v) is 4.74. The first-order chi connectivity index (χ1) is 13.1. The highest BCUT2D eigenvalue weighted by Crippen LogP contribution is 2.21. The molecule has 8 nitrogen and oxygen atoms in total. The number of aryl methyl sites for hydroxylation is 1. The third-order valence-electron chi connectivity index (χ3n) is 3.56. The molecule has 2 amide bonds. The van der Waals surface area contributed by atoms with E-state index in [0.29, 0.717) is 5.82 Å². The van der Waals surface area contributed by atoms with Crippen LogP contribution in [0.1, 0.15) is 5.56 Å². The van der Waals surface area contributed by atoms with Crippen molar-refractivity contribution in [2.24, 2.45) is 0 Å². The van der Waals surface area contributed by atoms with Crippen LogP contribution in [0.2, 0.25) is 0 Å². The summed E-state index contributed by atoms with van der Waals surface area (Å²) in [5.74, 6) is -0.110. The van der Waals surface area contributed by atoms with Crippen molar-refractivity contribution in [1.29, 1.82) is 0 Å². The minimum Gasteiger partial charge on any atom is -0.272 e. The van der Waals surface area contributed by atoms with Gasteiger partial charge in [0.1, 0.15) is 6.54 Å². The Morgan fingerprint density at radius 2 is 1.70 bits per heavy atom. The quantitative estimate of drug-likeness (QED) is 0.496. The van der Waals surface area contributed by atoms with Gasteiger partial charge in [0.25, 0.3) is 5.91 Å². The Morgan fingerprint density at radius 1 is 1.00 bits per heavy atom. The van der Waals surface area contributed by atoms with E-state index >= 15 is 0 Å². The Balaban J connectivity index is 1.44. The van der Waals surface area contributed by atoms with Crippen LogP contribution in [0.15, 0.2) is 59.5 Å². The molecule has 3 aromatic rings. The van der Waals surface area contributed by atoms with E-state index in [0.717, 1.165) is 16.0 Å². The summed E-state index contributed by atoms with van der Waals surface area (Å²) in [6.45, 7) is 1.84. The first-order valence-corrected chi connectivity index (χ1v) is 9.20. The summed E-state index contributed by atoms with van der Waals surface area (Å²) in [6.07, 6.45) is 0. The molecule has 0 spiro atoms. The monoisotopic (exact) mass is 382 g/mol. The molecule has 9 heteroatoms. The lowest BCUT2D eigenvalue weighted by molar-refractivity contribution is -0.128. The normalized spacial score (nSPS) is 10.4. The second kappa shape index (κ2) is 8.95. The summed E-state index contributed by atoms with van der Waals surface area (Å²) < 4.78 is 0. The number of rotatable bonds is 6. The molecule has 2 N–H and O–H groups in total. The van der Waals surface area contributed by atoms with Crippen molar-refractivity contribution in [1.82, 2.24) is 31.1 Å². The number of carbonyl (C=O) groups is 2. The van der Waals surface area contributed by atoms with Gasteiger partial charge in [-0.2, -0.15) is 4.80 Å². The number of thioether (sulfide) groups is 1. The maximum atomic E-state index is 11.9. The van der Waals surface area contributed by atoms with Crippen molar-refractivity contribution in [2.75, 3.05) is 5.75 Å². The highest BCUT2D eigenvalue weighted by molar-refractivity contribution is 8.00. The number of nitrogens with one attached hydrogen (secondary N) is 2. The summed E-state index contributed by atoms with van der Waals surface area (Å²) in [5.41, 5.74) is 6.65. The van der Waals surface area contributed by atoms with Crippen LogP contribution < -0.4 is 10.9 Å². The van der Waals surface area contributed by atoms with E-state index in [1.807, 2.05) is 61.5 Å². The van der Waals surface area contributed by atoms with E-state index in [4.69, 9.17) is 0 Å². The maximum absolute atomic E-state index is 11.9. The van der Waals surface area contributed by atoms with Gasteiger partial charge in [-0.25, -0.2) is 0 Å². The number of hydrazine groups is 1. The summed E-state index contributed by atoms with van der Waals surface area (Å²) in [7, 11) is 0. The van der Waals surface area contributed by atoms with Crippen LogP contribution in [0, 0.1) is 6.92 Å². The topological polar surface area (TPSA) is 102 Å². The third kappa shape index (κ3) is 5.38. The molecule has 0 saturated heterocycles. The summed E-state index contributed by atoms with van der Waals surface area (Å²) in [4.78, 5) is 26.0. The molecule has 0 aliphatic carbocycles. The first-order valence-electron chi connectivity index (χ1n) is 8.21. The predicted molar refractivity (Wildman–Crippen MR) is 101 cm³/mol. The minimum absolute atomic E-state index is 0.148. The summed E-state index contributed by atoms with van der Waals surface area (Å²) >= 11 is 1.41. The van der Waals surface area contributed by atoms with Gasteiger partial charge in [-0.15, -0.1) is 22.0 Å². The van der Waals surface area contributed by atoms with Gasteiger partial charge < -0.3 is 0 Å². The number of hydrogen-bond donors (Lipinski definition) is 2. The van der Waals surface area contributed by atoms with E-state index in [2.05, 4.69) is 26.3 Å². The fourth-order valence-corrected chi connectivity index (χ4v) is 3.05. The van der Waals surface area contributed by atoms with Gasteiger partial charge >= 0.3 is 0 Å². The van der Waals surface area contributed by atoms with E-state index in [-0.39, 0.29) is 18.2 Å². The molecular formula is C18H18N6O2S. The lowest BCUT2D eigenvalue weighted by atomic mass is 10.2. The zero-order chi connectivity index (χ0) is 19.1. The molecule has 0 bridgehead atoms. The average Bonchev–Trinajstić information content (AvgIpc) is 3.15. The standard InChI is InChI=1S/C18H18N6O2S/c1-13-7-5-6-10-15(13)27-12-17(26)20-19-16(25)11-24-22-18(21-23-24)14-8-3-2-4-9-14/h2-10H,11-12H2,1H3,(H,19,25)(H,20,26). The van der Waals surface area contributed by atoms with Gasteiger partial charge in [0.15, 0.2) is 0 Å². The molecule has 0 fully saturated rings. The Labute approximate surface area is 160 Å². The maximum Gasteiger partial charge on any atom is 0.262 e. The number of amides is 2. The van der Waals surface area contributed by atoms with E-state index in [1.165, 1.54) is 16.6 Å². The second-order valence-electron chi connectivity index (χ2n) is 5.66. The molecule has 0 atom stereocenters. The molecule has 0 unspecified atom stereocenters. The smallest absolute Gasteiger partial charge is 0.262 e. The fraction of sp³-hybridized carbons (Fsp3) is 0.167. The molecule has 1 aromatic heterocycles. The van der Waals surface area contributed by atoms with Crippen molar-refractivity contribution < 1.29 is 9.59 Å². The van der Waals surface area contributed by atoms with Gasteiger partial charge in [-0.1, -0.05) is 48.5 Å². The summed E-state index contributed by atoms with van der Waals surface area (Å²) in [6, 6.07) is 17.1. The lowest BCUT2D eigenvalue weighted by Gasteiger charge is -2.07. The molecule has 3 rings (SSSR count). The van der Waals surface area contributed by atoms with Crippen LogP contribution >= 0.6 is 11.8 Å². The van der Waals surface area contributed by atoms with Gasteiger partial charge in [0.2, 0.25) is 11.7 Å². The fourth-order valence-electron chi connectivity index (χ4n) is 2.22. The van der Waals surface area contributed by atoms with Crippen LogP contribution in [0.5, 0.6) is 0 Å². The van der Waals surface area contributed by atoms with Crippen LogP contribution in [-0.2, 0) is 16.1 Å². The van der Waals surface area contributed by atoms with Crippen molar-refractivity contribution in [2.45, 2.75) is 18.4 Å². The Bertz CT molecular complexity index is 928. The Kier molecular flexibility index (Phi) is 6.16. The van der Waals surface area contributed by atoms with E-state index in [1.54, 1.807) is 0 Å².